The van der Waals surface area contributed by atoms with Crippen molar-refractivity contribution in [2.24, 2.45) is 0 Å². The number of nitrogens with one attached hydrogen (secondary N) is 1. The fourth-order valence-electron chi connectivity index (χ4n) is 2.05. The van der Waals surface area contributed by atoms with Crippen molar-refractivity contribution < 1.29 is 4.39 Å². The second kappa shape index (κ2) is 6.36. The van der Waals surface area contributed by atoms with Crippen LogP contribution in [0.4, 0.5) is 10.1 Å². The largest absolute Gasteiger partial charge is 0.381 e. The number of hydrogen-bond acceptors (Lipinski definition) is 3. The number of anilines is 1. The molecular formula is C13H19ClFN3. The van der Waals surface area contributed by atoms with E-state index < -0.39 is 0 Å². The predicted octanol–water partition coefficient (Wildman–Crippen LogP) is 2.14. The van der Waals surface area contributed by atoms with Crippen molar-refractivity contribution in [3.8, 4) is 0 Å². The van der Waals surface area contributed by atoms with E-state index in [0.29, 0.717) is 10.7 Å². The molecule has 3 nitrogen and oxygen atoms in total. The van der Waals surface area contributed by atoms with E-state index in [1.807, 2.05) is 0 Å². The molecule has 5 heteroatoms. The summed E-state index contributed by atoms with van der Waals surface area (Å²) in [5.41, 5.74) is 0.522. The SMILES string of the molecule is CN1CCN(CCNc2ccc(Cl)cc2F)CC1. The molecule has 0 bridgehead atoms. The molecule has 2 rings (SSSR count). The Labute approximate surface area is 113 Å². The summed E-state index contributed by atoms with van der Waals surface area (Å²) in [5.74, 6) is -0.291. The molecule has 0 unspecified atom stereocenters. The van der Waals surface area contributed by atoms with Crippen LogP contribution in [0.2, 0.25) is 5.02 Å². The summed E-state index contributed by atoms with van der Waals surface area (Å²) >= 11 is 5.71. The van der Waals surface area contributed by atoms with E-state index in [9.17, 15) is 4.39 Å². The fraction of sp³-hybridized carbons (Fsp3) is 0.538. The number of likely N-dealkylation sites (N-methyl/N-ethyl adjacent to an activating group) is 1. The zero-order valence-corrected chi connectivity index (χ0v) is 11.4. The van der Waals surface area contributed by atoms with Gasteiger partial charge in [0.1, 0.15) is 5.82 Å². The molecule has 1 aliphatic rings. The zero-order chi connectivity index (χ0) is 13.0. The number of halogens is 2. The lowest BCUT2D eigenvalue weighted by Crippen LogP contribution is -2.45. The third kappa shape index (κ3) is 3.83. The number of hydrogen-bond donors (Lipinski definition) is 1. The van der Waals surface area contributed by atoms with E-state index >= 15 is 0 Å². The Balaban J connectivity index is 1.75. The lowest BCUT2D eigenvalue weighted by molar-refractivity contribution is 0.158. The lowest BCUT2D eigenvalue weighted by atomic mass is 10.3. The molecule has 1 heterocycles. The van der Waals surface area contributed by atoms with E-state index in [-0.39, 0.29) is 5.82 Å². The quantitative estimate of drug-likeness (QED) is 0.905. The van der Waals surface area contributed by atoms with Crippen LogP contribution in [0.15, 0.2) is 18.2 Å². The predicted molar refractivity (Wildman–Crippen MR) is 73.8 cm³/mol. The van der Waals surface area contributed by atoms with Gasteiger partial charge in [-0.25, -0.2) is 4.39 Å². The molecule has 1 fully saturated rings. The molecule has 0 spiro atoms. The zero-order valence-electron chi connectivity index (χ0n) is 10.6. The maximum atomic E-state index is 13.5. The minimum atomic E-state index is -0.291. The number of nitrogens with zero attached hydrogens (tertiary/aromatic N) is 2. The molecule has 100 valence electrons. The average Bonchev–Trinajstić information content (AvgIpc) is 2.34. The molecule has 0 radical (unpaired) electrons. The van der Waals surface area contributed by atoms with Crippen molar-refractivity contribution in [3.63, 3.8) is 0 Å². The van der Waals surface area contributed by atoms with Gasteiger partial charge in [0.05, 0.1) is 5.69 Å². The average molecular weight is 272 g/mol. The highest BCUT2D eigenvalue weighted by Gasteiger charge is 2.13. The molecule has 1 aliphatic heterocycles. The third-order valence-electron chi connectivity index (χ3n) is 3.27. The normalized spacial score (nSPS) is 17.9. The third-order valence-corrected chi connectivity index (χ3v) is 3.51. The minimum absolute atomic E-state index is 0.291. The Morgan fingerprint density at radius 1 is 1.28 bits per heavy atom. The van der Waals surface area contributed by atoms with Gasteiger partial charge in [0, 0.05) is 44.3 Å². The summed E-state index contributed by atoms with van der Waals surface area (Å²) < 4.78 is 13.5. The van der Waals surface area contributed by atoms with Gasteiger partial charge < -0.3 is 10.2 Å². The summed E-state index contributed by atoms with van der Waals surface area (Å²) in [6, 6.07) is 4.71. The van der Waals surface area contributed by atoms with E-state index in [1.54, 1.807) is 12.1 Å². The monoisotopic (exact) mass is 271 g/mol. The van der Waals surface area contributed by atoms with Crippen molar-refractivity contribution in [1.82, 2.24) is 9.80 Å². The first kappa shape index (κ1) is 13.6. The van der Waals surface area contributed by atoms with Crippen LogP contribution in [0.3, 0.4) is 0 Å². The first-order valence-electron chi connectivity index (χ1n) is 6.25. The van der Waals surface area contributed by atoms with Gasteiger partial charge in [-0.3, -0.25) is 4.90 Å². The molecule has 0 amide bonds. The van der Waals surface area contributed by atoms with Crippen LogP contribution in [0, 0.1) is 5.82 Å². The van der Waals surface area contributed by atoms with E-state index in [4.69, 9.17) is 11.6 Å². The van der Waals surface area contributed by atoms with E-state index in [1.165, 1.54) is 6.07 Å². The van der Waals surface area contributed by atoms with Crippen molar-refractivity contribution in [3.05, 3.63) is 29.0 Å². The van der Waals surface area contributed by atoms with Crippen LogP contribution < -0.4 is 5.32 Å². The second-order valence-corrected chi connectivity index (χ2v) is 5.13. The highest BCUT2D eigenvalue weighted by molar-refractivity contribution is 6.30. The van der Waals surface area contributed by atoms with Crippen LogP contribution in [0.1, 0.15) is 0 Å². The second-order valence-electron chi connectivity index (χ2n) is 4.70. The maximum absolute atomic E-state index is 13.5. The Morgan fingerprint density at radius 3 is 2.67 bits per heavy atom. The summed E-state index contributed by atoms with van der Waals surface area (Å²) in [5, 5.41) is 3.54. The topological polar surface area (TPSA) is 18.5 Å². The van der Waals surface area contributed by atoms with Crippen LogP contribution in [-0.2, 0) is 0 Å². The standard InChI is InChI=1S/C13H19ClFN3/c1-17-6-8-18(9-7-17)5-4-16-13-3-2-11(14)10-12(13)15/h2-3,10,16H,4-9H2,1H3. The summed E-state index contributed by atoms with van der Waals surface area (Å²) in [6.07, 6.45) is 0. The number of benzene rings is 1. The molecule has 0 atom stereocenters. The molecule has 1 aromatic rings. The van der Waals surface area contributed by atoms with Gasteiger partial charge in [-0.05, 0) is 25.2 Å². The van der Waals surface area contributed by atoms with Crippen molar-refractivity contribution in [2.75, 3.05) is 51.6 Å². The Hall–Kier alpha value is -0.840. The van der Waals surface area contributed by atoms with Gasteiger partial charge in [0.15, 0.2) is 0 Å². The van der Waals surface area contributed by atoms with Crippen LogP contribution >= 0.6 is 11.6 Å². The molecule has 1 N–H and O–H groups in total. The number of rotatable bonds is 4. The van der Waals surface area contributed by atoms with E-state index in [0.717, 1.165) is 39.3 Å². The summed E-state index contributed by atoms with van der Waals surface area (Å²) in [7, 11) is 2.14. The van der Waals surface area contributed by atoms with Gasteiger partial charge in [0.25, 0.3) is 0 Å². The van der Waals surface area contributed by atoms with Gasteiger partial charge >= 0.3 is 0 Å². The highest BCUT2D eigenvalue weighted by atomic mass is 35.5. The molecule has 1 saturated heterocycles. The molecule has 0 saturated carbocycles. The smallest absolute Gasteiger partial charge is 0.147 e. The van der Waals surface area contributed by atoms with Gasteiger partial charge in [0.2, 0.25) is 0 Å². The van der Waals surface area contributed by atoms with Crippen molar-refractivity contribution >= 4 is 17.3 Å². The van der Waals surface area contributed by atoms with Crippen molar-refractivity contribution in [1.29, 1.82) is 0 Å². The van der Waals surface area contributed by atoms with Crippen LogP contribution in [0.5, 0.6) is 0 Å². The Bertz CT molecular complexity index is 392. The summed E-state index contributed by atoms with van der Waals surface area (Å²) in [6.45, 7) is 6.07. The maximum Gasteiger partial charge on any atom is 0.147 e. The van der Waals surface area contributed by atoms with Gasteiger partial charge in [-0.15, -0.1) is 0 Å². The molecule has 1 aromatic carbocycles. The number of piperazine rings is 1. The summed E-state index contributed by atoms with van der Waals surface area (Å²) in [4.78, 5) is 4.71. The highest BCUT2D eigenvalue weighted by Crippen LogP contribution is 2.18. The first-order valence-corrected chi connectivity index (χ1v) is 6.63. The molecule has 0 aromatic heterocycles. The van der Waals surface area contributed by atoms with Gasteiger partial charge in [-0.2, -0.15) is 0 Å². The molecular weight excluding hydrogens is 253 g/mol. The van der Waals surface area contributed by atoms with Crippen molar-refractivity contribution in [2.45, 2.75) is 0 Å². The first-order chi connectivity index (χ1) is 8.65. The van der Waals surface area contributed by atoms with Crippen LogP contribution in [-0.4, -0.2) is 56.1 Å². The fourth-order valence-corrected chi connectivity index (χ4v) is 2.21. The molecule has 18 heavy (non-hydrogen) atoms. The van der Waals surface area contributed by atoms with E-state index in [2.05, 4.69) is 22.2 Å². The van der Waals surface area contributed by atoms with Crippen LogP contribution in [0.25, 0.3) is 0 Å². The molecule has 0 aliphatic carbocycles. The Kier molecular flexibility index (Phi) is 4.80. The Morgan fingerprint density at radius 2 is 2.00 bits per heavy atom. The van der Waals surface area contributed by atoms with Gasteiger partial charge in [-0.1, -0.05) is 11.6 Å². The lowest BCUT2D eigenvalue weighted by Gasteiger charge is -2.32. The minimum Gasteiger partial charge on any atom is -0.381 e.